The van der Waals surface area contributed by atoms with Crippen molar-refractivity contribution in [2.75, 3.05) is 7.11 Å². The van der Waals surface area contributed by atoms with Crippen molar-refractivity contribution in [3.8, 4) is 0 Å². The molecule has 0 aliphatic carbocycles. The van der Waals surface area contributed by atoms with Gasteiger partial charge in [0, 0.05) is 17.8 Å². The zero-order chi connectivity index (χ0) is 12.3. The van der Waals surface area contributed by atoms with E-state index in [0.717, 1.165) is 34.8 Å². The Morgan fingerprint density at radius 1 is 1.53 bits per heavy atom. The van der Waals surface area contributed by atoms with Crippen LogP contribution < -0.4 is 0 Å². The van der Waals surface area contributed by atoms with E-state index in [2.05, 4.69) is 32.9 Å². The summed E-state index contributed by atoms with van der Waals surface area (Å²) in [5.74, 6) is 0. The number of hydrogen-bond donors (Lipinski definition) is 0. The van der Waals surface area contributed by atoms with Gasteiger partial charge >= 0.3 is 0 Å². The van der Waals surface area contributed by atoms with Crippen LogP contribution in [0.3, 0.4) is 0 Å². The van der Waals surface area contributed by atoms with Crippen molar-refractivity contribution in [2.24, 2.45) is 0 Å². The summed E-state index contributed by atoms with van der Waals surface area (Å²) >= 11 is 3.50. The van der Waals surface area contributed by atoms with E-state index in [4.69, 9.17) is 4.74 Å². The molecule has 0 aliphatic rings. The van der Waals surface area contributed by atoms with Crippen molar-refractivity contribution in [1.82, 2.24) is 14.8 Å². The molecule has 0 aromatic carbocycles. The number of nitrogens with zero attached hydrogens (tertiary/aromatic N) is 3. The van der Waals surface area contributed by atoms with Gasteiger partial charge in [0.2, 0.25) is 0 Å². The average molecular weight is 298 g/mol. The molecule has 0 spiro atoms. The highest BCUT2D eigenvalue weighted by molar-refractivity contribution is 9.10. The maximum absolute atomic E-state index is 5.49. The third-order valence-electron chi connectivity index (χ3n) is 2.79. The van der Waals surface area contributed by atoms with Crippen molar-refractivity contribution in [3.63, 3.8) is 0 Å². The third kappa shape index (κ3) is 2.50. The Morgan fingerprint density at radius 2 is 2.35 bits per heavy atom. The Bertz CT molecular complexity index is 497. The smallest absolute Gasteiger partial charge is 0.161 e. The minimum Gasteiger partial charge on any atom is -0.360 e. The van der Waals surface area contributed by atoms with Gasteiger partial charge in [-0.1, -0.05) is 13.3 Å². The van der Waals surface area contributed by atoms with Crippen molar-refractivity contribution in [2.45, 2.75) is 32.4 Å². The summed E-state index contributed by atoms with van der Waals surface area (Å²) < 4.78 is 8.36. The molecule has 0 saturated heterocycles. The zero-order valence-corrected chi connectivity index (χ0v) is 11.6. The second kappa shape index (κ2) is 5.60. The molecular weight excluding hydrogens is 282 g/mol. The predicted molar refractivity (Wildman–Crippen MR) is 70.8 cm³/mol. The molecule has 0 aliphatic heterocycles. The Balaban J connectivity index is 2.37. The molecule has 17 heavy (non-hydrogen) atoms. The summed E-state index contributed by atoms with van der Waals surface area (Å²) in [6.45, 7) is 2.17. The first-order chi connectivity index (χ1) is 8.27. The molecule has 1 unspecified atom stereocenters. The summed E-state index contributed by atoms with van der Waals surface area (Å²) in [7, 11) is 1.71. The van der Waals surface area contributed by atoms with Crippen molar-refractivity contribution in [1.29, 1.82) is 0 Å². The molecule has 5 heteroatoms. The standard InChI is InChI=1S/C12H16BrN3O/c1-3-4-5-11(17-2)16-12-9(8-15-16)10(13)6-7-14-12/h6-8,11H,3-5H2,1-2H3. The first-order valence-electron chi connectivity index (χ1n) is 5.78. The van der Waals surface area contributed by atoms with Gasteiger partial charge in [-0.3, -0.25) is 0 Å². The third-order valence-corrected chi connectivity index (χ3v) is 3.49. The minimum absolute atomic E-state index is 0.0331. The normalized spacial score (nSPS) is 13.1. The lowest BCUT2D eigenvalue weighted by Gasteiger charge is -2.15. The van der Waals surface area contributed by atoms with Gasteiger partial charge in [-0.15, -0.1) is 0 Å². The van der Waals surface area contributed by atoms with Crippen LogP contribution in [0.2, 0.25) is 0 Å². The van der Waals surface area contributed by atoms with E-state index in [0.29, 0.717) is 0 Å². The van der Waals surface area contributed by atoms with E-state index < -0.39 is 0 Å². The van der Waals surface area contributed by atoms with Crippen LogP contribution in [0.25, 0.3) is 11.0 Å². The van der Waals surface area contributed by atoms with Crippen LogP contribution in [0.1, 0.15) is 32.4 Å². The maximum Gasteiger partial charge on any atom is 0.161 e. The summed E-state index contributed by atoms with van der Waals surface area (Å²) in [5, 5.41) is 5.40. The fourth-order valence-corrected chi connectivity index (χ4v) is 2.24. The highest BCUT2D eigenvalue weighted by atomic mass is 79.9. The highest BCUT2D eigenvalue weighted by Crippen LogP contribution is 2.25. The van der Waals surface area contributed by atoms with Gasteiger partial charge in [0.25, 0.3) is 0 Å². The van der Waals surface area contributed by atoms with E-state index in [-0.39, 0.29) is 6.23 Å². The molecule has 2 heterocycles. The number of unbranched alkanes of at least 4 members (excludes halogenated alkanes) is 1. The molecule has 0 amide bonds. The number of fused-ring (bicyclic) bond motifs is 1. The molecule has 4 nitrogen and oxygen atoms in total. The molecule has 1 atom stereocenters. The number of ether oxygens (including phenoxy) is 1. The van der Waals surface area contributed by atoms with Gasteiger partial charge in [-0.2, -0.15) is 5.10 Å². The molecule has 0 fully saturated rings. The van der Waals surface area contributed by atoms with Crippen LogP contribution in [-0.2, 0) is 4.74 Å². The monoisotopic (exact) mass is 297 g/mol. The molecule has 0 N–H and O–H groups in total. The number of pyridine rings is 1. The lowest BCUT2D eigenvalue weighted by Crippen LogP contribution is -2.13. The fourth-order valence-electron chi connectivity index (χ4n) is 1.85. The number of hydrogen-bond acceptors (Lipinski definition) is 3. The molecular formula is C12H16BrN3O. The summed E-state index contributed by atoms with van der Waals surface area (Å²) in [4.78, 5) is 4.37. The molecule has 2 aromatic heterocycles. The number of aromatic nitrogens is 3. The van der Waals surface area contributed by atoms with Crippen LogP contribution in [0, 0.1) is 0 Å². The van der Waals surface area contributed by atoms with Gasteiger partial charge in [0.1, 0.15) is 0 Å². The number of halogens is 1. The lowest BCUT2D eigenvalue weighted by atomic mass is 10.2. The Hall–Kier alpha value is -0.940. The SMILES string of the molecule is CCCCC(OC)n1ncc2c(Br)ccnc21. The van der Waals surface area contributed by atoms with Crippen molar-refractivity contribution < 1.29 is 4.74 Å². The summed E-state index contributed by atoms with van der Waals surface area (Å²) in [6, 6.07) is 1.92. The quantitative estimate of drug-likeness (QED) is 0.847. The van der Waals surface area contributed by atoms with E-state index in [1.807, 2.05) is 16.9 Å². The van der Waals surface area contributed by atoms with Crippen LogP contribution in [0.5, 0.6) is 0 Å². The van der Waals surface area contributed by atoms with Crippen LogP contribution >= 0.6 is 15.9 Å². The molecule has 0 saturated carbocycles. The highest BCUT2D eigenvalue weighted by Gasteiger charge is 2.15. The molecule has 92 valence electrons. The molecule has 0 radical (unpaired) electrons. The molecule has 0 bridgehead atoms. The zero-order valence-electron chi connectivity index (χ0n) is 10.1. The largest absolute Gasteiger partial charge is 0.360 e. The summed E-state index contributed by atoms with van der Waals surface area (Å²) in [6.07, 6.45) is 6.79. The number of methoxy groups -OCH3 is 1. The second-order valence-electron chi connectivity index (χ2n) is 3.95. The van der Waals surface area contributed by atoms with E-state index in [1.54, 1.807) is 13.3 Å². The number of rotatable bonds is 5. The van der Waals surface area contributed by atoms with Crippen LogP contribution in [-0.4, -0.2) is 21.9 Å². The predicted octanol–water partition coefficient (Wildman–Crippen LogP) is 3.53. The molecule has 2 rings (SSSR count). The van der Waals surface area contributed by atoms with E-state index >= 15 is 0 Å². The topological polar surface area (TPSA) is 39.9 Å². The van der Waals surface area contributed by atoms with Gasteiger partial charge < -0.3 is 4.74 Å². The van der Waals surface area contributed by atoms with Crippen LogP contribution in [0.15, 0.2) is 22.9 Å². The van der Waals surface area contributed by atoms with E-state index in [1.165, 1.54) is 0 Å². The first-order valence-corrected chi connectivity index (χ1v) is 6.57. The second-order valence-corrected chi connectivity index (χ2v) is 4.81. The maximum atomic E-state index is 5.49. The Labute approximate surface area is 109 Å². The van der Waals surface area contributed by atoms with Gasteiger partial charge in [0.15, 0.2) is 11.9 Å². The van der Waals surface area contributed by atoms with Gasteiger partial charge in [-0.05, 0) is 34.8 Å². The first kappa shape index (κ1) is 12.5. The average Bonchev–Trinajstić information content (AvgIpc) is 2.76. The fraction of sp³-hybridized carbons (Fsp3) is 0.500. The lowest BCUT2D eigenvalue weighted by molar-refractivity contribution is 0.0284. The van der Waals surface area contributed by atoms with Crippen molar-refractivity contribution >= 4 is 27.0 Å². The summed E-state index contributed by atoms with van der Waals surface area (Å²) in [5.41, 5.74) is 0.863. The van der Waals surface area contributed by atoms with Gasteiger partial charge in [-0.25, -0.2) is 9.67 Å². The minimum atomic E-state index is -0.0331. The van der Waals surface area contributed by atoms with Crippen LogP contribution in [0.4, 0.5) is 0 Å². The van der Waals surface area contributed by atoms with Gasteiger partial charge in [0.05, 0.1) is 11.6 Å². The van der Waals surface area contributed by atoms with Crippen molar-refractivity contribution in [3.05, 3.63) is 22.9 Å². The Morgan fingerprint density at radius 3 is 3.06 bits per heavy atom. The van der Waals surface area contributed by atoms with E-state index in [9.17, 15) is 0 Å². The Kier molecular flexibility index (Phi) is 4.12. The molecule has 2 aromatic rings.